The van der Waals surface area contributed by atoms with Crippen molar-refractivity contribution in [2.45, 2.75) is 26.2 Å². The molecule has 0 spiro atoms. The van der Waals surface area contributed by atoms with Crippen LogP contribution in [0.15, 0.2) is 18.2 Å². The number of unbranched alkanes of at least 4 members (excludes halogenated alkanes) is 2. The molecule has 0 bridgehead atoms. The van der Waals surface area contributed by atoms with Crippen molar-refractivity contribution >= 4 is 5.91 Å². The molecule has 1 aromatic carbocycles. The zero-order valence-electron chi connectivity index (χ0n) is 11.1. The van der Waals surface area contributed by atoms with Crippen LogP contribution in [-0.2, 0) is 0 Å². The lowest BCUT2D eigenvalue weighted by atomic mass is 10.1. The van der Waals surface area contributed by atoms with Gasteiger partial charge in [-0.2, -0.15) is 0 Å². The molecule has 0 aliphatic heterocycles. The summed E-state index contributed by atoms with van der Waals surface area (Å²) >= 11 is 0. The summed E-state index contributed by atoms with van der Waals surface area (Å²) in [5.74, 6) is 4.44. The molecule has 0 atom stereocenters. The van der Waals surface area contributed by atoms with E-state index in [9.17, 15) is 9.18 Å². The van der Waals surface area contributed by atoms with Crippen LogP contribution in [-0.4, -0.2) is 19.0 Å². The minimum atomic E-state index is -0.498. The molecule has 102 valence electrons. The van der Waals surface area contributed by atoms with Crippen molar-refractivity contribution in [3.8, 4) is 11.8 Å². The summed E-state index contributed by atoms with van der Waals surface area (Å²) in [6, 6.07) is 4.27. The summed E-state index contributed by atoms with van der Waals surface area (Å²) in [6.07, 6.45) is 3.10. The number of benzene rings is 1. The van der Waals surface area contributed by atoms with Crippen molar-refractivity contribution in [2.75, 3.05) is 13.1 Å². The molecule has 3 nitrogen and oxygen atoms in total. The van der Waals surface area contributed by atoms with E-state index in [0.717, 1.165) is 19.3 Å². The monoisotopic (exact) mass is 262 g/mol. The molecule has 0 saturated heterocycles. The SMILES string of the molecule is CCCCCNC(=O)c1ccc(C#CCN)c(F)c1. The van der Waals surface area contributed by atoms with Gasteiger partial charge in [0.2, 0.25) is 0 Å². The van der Waals surface area contributed by atoms with Gasteiger partial charge in [-0.15, -0.1) is 0 Å². The Bertz CT molecular complexity index is 489. The third-order valence-corrected chi connectivity index (χ3v) is 2.62. The van der Waals surface area contributed by atoms with E-state index < -0.39 is 5.82 Å². The molecule has 3 N–H and O–H groups in total. The number of hydrogen-bond acceptors (Lipinski definition) is 2. The van der Waals surface area contributed by atoms with Crippen LogP contribution in [0, 0.1) is 17.7 Å². The first-order chi connectivity index (χ1) is 9.19. The largest absolute Gasteiger partial charge is 0.352 e. The highest BCUT2D eigenvalue weighted by Gasteiger charge is 2.08. The molecule has 0 aliphatic rings. The number of nitrogens with one attached hydrogen (secondary N) is 1. The molecule has 0 heterocycles. The van der Waals surface area contributed by atoms with Crippen molar-refractivity contribution in [1.82, 2.24) is 5.32 Å². The van der Waals surface area contributed by atoms with E-state index >= 15 is 0 Å². The smallest absolute Gasteiger partial charge is 0.251 e. The highest BCUT2D eigenvalue weighted by atomic mass is 19.1. The van der Waals surface area contributed by atoms with Gasteiger partial charge in [-0.3, -0.25) is 4.79 Å². The maximum Gasteiger partial charge on any atom is 0.251 e. The van der Waals surface area contributed by atoms with E-state index in [1.807, 2.05) is 0 Å². The normalized spacial score (nSPS) is 9.63. The van der Waals surface area contributed by atoms with Crippen LogP contribution in [0.5, 0.6) is 0 Å². The van der Waals surface area contributed by atoms with Gasteiger partial charge in [0.1, 0.15) is 5.82 Å². The van der Waals surface area contributed by atoms with Crippen molar-refractivity contribution < 1.29 is 9.18 Å². The first kappa shape index (κ1) is 15.2. The van der Waals surface area contributed by atoms with Crippen LogP contribution in [0.1, 0.15) is 42.1 Å². The number of carbonyl (C=O) groups excluding carboxylic acids is 1. The summed E-state index contributed by atoms with van der Waals surface area (Å²) in [6.45, 7) is 2.89. The van der Waals surface area contributed by atoms with Crippen molar-refractivity contribution in [3.05, 3.63) is 35.1 Å². The predicted molar refractivity (Wildman–Crippen MR) is 74.2 cm³/mol. The Balaban J connectivity index is 2.64. The van der Waals surface area contributed by atoms with E-state index in [2.05, 4.69) is 24.1 Å². The van der Waals surface area contributed by atoms with Crippen molar-refractivity contribution in [2.24, 2.45) is 5.73 Å². The van der Waals surface area contributed by atoms with Crippen LogP contribution < -0.4 is 11.1 Å². The van der Waals surface area contributed by atoms with Gasteiger partial charge in [0.05, 0.1) is 12.1 Å². The quantitative estimate of drug-likeness (QED) is 0.630. The molecule has 0 unspecified atom stereocenters. The molecule has 1 rings (SSSR count). The predicted octanol–water partition coefficient (Wildman–Crippen LogP) is 2.06. The van der Waals surface area contributed by atoms with Gasteiger partial charge >= 0.3 is 0 Å². The Kier molecular flexibility index (Phi) is 6.62. The molecular weight excluding hydrogens is 243 g/mol. The van der Waals surface area contributed by atoms with Crippen molar-refractivity contribution in [3.63, 3.8) is 0 Å². The number of halogens is 1. The van der Waals surface area contributed by atoms with Crippen LogP contribution in [0.2, 0.25) is 0 Å². The summed E-state index contributed by atoms with van der Waals surface area (Å²) in [4.78, 5) is 11.8. The fourth-order valence-electron chi connectivity index (χ4n) is 1.58. The average Bonchev–Trinajstić information content (AvgIpc) is 2.42. The molecule has 19 heavy (non-hydrogen) atoms. The molecule has 1 amide bonds. The lowest BCUT2D eigenvalue weighted by Gasteiger charge is -2.05. The Labute approximate surface area is 113 Å². The second-order valence-electron chi connectivity index (χ2n) is 4.16. The maximum absolute atomic E-state index is 13.7. The van der Waals surface area contributed by atoms with Crippen LogP contribution in [0.4, 0.5) is 4.39 Å². The molecule has 0 radical (unpaired) electrons. The average molecular weight is 262 g/mol. The fourth-order valence-corrected chi connectivity index (χ4v) is 1.58. The highest BCUT2D eigenvalue weighted by Crippen LogP contribution is 2.09. The minimum absolute atomic E-state index is 0.180. The van der Waals surface area contributed by atoms with Crippen LogP contribution in [0.3, 0.4) is 0 Å². The van der Waals surface area contributed by atoms with Gasteiger partial charge < -0.3 is 11.1 Å². The second kappa shape index (κ2) is 8.28. The van der Waals surface area contributed by atoms with Gasteiger partial charge in [0.25, 0.3) is 5.91 Å². The van der Waals surface area contributed by atoms with Gasteiger partial charge in [0.15, 0.2) is 0 Å². The van der Waals surface area contributed by atoms with E-state index in [1.165, 1.54) is 12.1 Å². The third-order valence-electron chi connectivity index (χ3n) is 2.62. The van der Waals surface area contributed by atoms with E-state index in [1.54, 1.807) is 6.07 Å². The van der Waals surface area contributed by atoms with Gasteiger partial charge in [0, 0.05) is 12.1 Å². The summed E-state index contributed by atoms with van der Waals surface area (Å²) < 4.78 is 13.7. The maximum atomic E-state index is 13.7. The standard InChI is InChI=1S/C15H19FN2O/c1-2-3-4-10-18-15(19)13-8-7-12(6-5-9-17)14(16)11-13/h7-8,11H,2-4,9-10,17H2,1H3,(H,18,19). The molecule has 0 aliphatic carbocycles. The summed E-state index contributed by atoms with van der Waals surface area (Å²) in [7, 11) is 0. The fraction of sp³-hybridized carbons (Fsp3) is 0.400. The zero-order valence-corrected chi connectivity index (χ0v) is 11.1. The molecule has 1 aromatic rings. The first-order valence-electron chi connectivity index (χ1n) is 6.45. The zero-order chi connectivity index (χ0) is 14.1. The Morgan fingerprint density at radius 2 is 2.21 bits per heavy atom. The molecule has 0 saturated carbocycles. The third kappa shape index (κ3) is 5.11. The van der Waals surface area contributed by atoms with Gasteiger partial charge in [-0.25, -0.2) is 4.39 Å². The molecule has 4 heteroatoms. The second-order valence-corrected chi connectivity index (χ2v) is 4.16. The lowest BCUT2D eigenvalue weighted by Crippen LogP contribution is -2.24. The Morgan fingerprint density at radius 3 is 2.84 bits per heavy atom. The van der Waals surface area contributed by atoms with E-state index in [-0.39, 0.29) is 18.0 Å². The lowest BCUT2D eigenvalue weighted by molar-refractivity contribution is 0.0952. The molecule has 0 aromatic heterocycles. The van der Waals surface area contributed by atoms with E-state index in [0.29, 0.717) is 12.1 Å². The van der Waals surface area contributed by atoms with Crippen LogP contribution >= 0.6 is 0 Å². The topological polar surface area (TPSA) is 55.1 Å². The molecule has 0 fully saturated rings. The number of rotatable bonds is 5. The Hall–Kier alpha value is -1.86. The van der Waals surface area contributed by atoms with Crippen molar-refractivity contribution in [1.29, 1.82) is 0 Å². The number of amides is 1. The number of carbonyl (C=O) groups is 1. The molecular formula is C15H19FN2O. The number of hydrogen-bond donors (Lipinski definition) is 2. The van der Waals surface area contributed by atoms with Crippen LogP contribution in [0.25, 0.3) is 0 Å². The first-order valence-corrected chi connectivity index (χ1v) is 6.45. The Morgan fingerprint density at radius 1 is 1.42 bits per heavy atom. The van der Waals surface area contributed by atoms with Gasteiger partial charge in [-0.1, -0.05) is 31.6 Å². The van der Waals surface area contributed by atoms with E-state index in [4.69, 9.17) is 5.73 Å². The summed E-state index contributed by atoms with van der Waals surface area (Å²) in [5, 5.41) is 2.76. The summed E-state index contributed by atoms with van der Waals surface area (Å²) in [5.41, 5.74) is 5.79. The minimum Gasteiger partial charge on any atom is -0.352 e. The highest BCUT2D eigenvalue weighted by molar-refractivity contribution is 5.94. The van der Waals surface area contributed by atoms with Gasteiger partial charge in [-0.05, 0) is 24.6 Å². The number of nitrogens with two attached hydrogens (primary N) is 1.